The van der Waals surface area contributed by atoms with Gasteiger partial charge in [-0.1, -0.05) is 19.8 Å². The van der Waals surface area contributed by atoms with E-state index < -0.39 is 0 Å². The highest BCUT2D eigenvalue weighted by molar-refractivity contribution is 5.42. The lowest BCUT2D eigenvalue weighted by Crippen LogP contribution is -2.36. The zero-order valence-corrected chi connectivity index (χ0v) is 9.94. The average Bonchev–Trinajstić information content (AvgIpc) is 2.28. The van der Waals surface area contributed by atoms with Gasteiger partial charge in [0.25, 0.3) is 5.56 Å². The van der Waals surface area contributed by atoms with Crippen molar-refractivity contribution in [1.29, 1.82) is 0 Å². The summed E-state index contributed by atoms with van der Waals surface area (Å²) in [6, 6.07) is 2.17. The van der Waals surface area contributed by atoms with Crippen LogP contribution in [0, 0.1) is 5.92 Å². The molecule has 0 saturated heterocycles. The Labute approximate surface area is 95.7 Å². The molecule has 88 valence electrons. The topological polar surface area (TPSA) is 49.0 Å². The van der Waals surface area contributed by atoms with Crippen molar-refractivity contribution in [2.45, 2.75) is 38.6 Å². The molecule has 0 aliphatic heterocycles. The van der Waals surface area contributed by atoms with Crippen LogP contribution in [-0.2, 0) is 0 Å². The van der Waals surface area contributed by atoms with Crippen LogP contribution in [0.5, 0.6) is 0 Å². The van der Waals surface area contributed by atoms with Crippen LogP contribution >= 0.6 is 0 Å². The highest BCUT2D eigenvalue weighted by Crippen LogP contribution is 2.28. The Morgan fingerprint density at radius 3 is 3.00 bits per heavy atom. The van der Waals surface area contributed by atoms with E-state index in [2.05, 4.69) is 29.1 Å². The molecule has 1 aromatic heterocycles. The molecule has 1 N–H and O–H groups in total. The van der Waals surface area contributed by atoms with Gasteiger partial charge in [-0.05, 0) is 18.8 Å². The van der Waals surface area contributed by atoms with Crippen LogP contribution in [0.25, 0.3) is 0 Å². The predicted molar refractivity (Wildman–Crippen MR) is 64.7 cm³/mol. The second-order valence-electron chi connectivity index (χ2n) is 4.84. The van der Waals surface area contributed by atoms with E-state index in [-0.39, 0.29) is 5.56 Å². The van der Waals surface area contributed by atoms with Crippen LogP contribution in [0.15, 0.2) is 17.1 Å². The Morgan fingerprint density at radius 2 is 2.31 bits per heavy atom. The molecule has 0 aromatic carbocycles. The molecule has 0 spiro atoms. The second-order valence-corrected chi connectivity index (χ2v) is 4.84. The van der Waals surface area contributed by atoms with Crippen LogP contribution in [0.1, 0.15) is 32.6 Å². The van der Waals surface area contributed by atoms with E-state index in [4.69, 9.17) is 0 Å². The number of hydrogen-bond acceptors (Lipinski definition) is 3. The van der Waals surface area contributed by atoms with Crippen molar-refractivity contribution in [3.05, 3.63) is 22.6 Å². The summed E-state index contributed by atoms with van der Waals surface area (Å²) in [5, 5.41) is 6.25. The van der Waals surface area contributed by atoms with Crippen molar-refractivity contribution in [2.75, 3.05) is 11.9 Å². The molecule has 0 bridgehead atoms. The summed E-state index contributed by atoms with van der Waals surface area (Å²) in [5.74, 6) is 0.788. The molecule has 1 saturated carbocycles. The Balaban J connectivity index is 2.12. The molecule has 1 aromatic rings. The normalized spacial score (nSPS) is 25.4. The highest BCUT2D eigenvalue weighted by atomic mass is 16.1. The summed E-state index contributed by atoms with van der Waals surface area (Å²) in [4.78, 5) is 13.4. The predicted octanol–water partition coefficient (Wildman–Crippen LogP) is 1.78. The SMILES string of the molecule is CC1CCCC(N(C)c2cn[nH]c(=O)c2)C1. The fourth-order valence-corrected chi connectivity index (χ4v) is 2.52. The third-order valence-corrected chi connectivity index (χ3v) is 3.51. The van der Waals surface area contributed by atoms with E-state index in [1.54, 1.807) is 12.3 Å². The first-order valence-corrected chi connectivity index (χ1v) is 5.94. The molecular formula is C12H19N3O. The molecule has 0 amide bonds. The van der Waals surface area contributed by atoms with Crippen molar-refractivity contribution < 1.29 is 0 Å². The molecule has 16 heavy (non-hydrogen) atoms. The molecule has 2 unspecified atom stereocenters. The number of aromatic nitrogens is 2. The summed E-state index contributed by atoms with van der Waals surface area (Å²) >= 11 is 0. The average molecular weight is 221 g/mol. The second kappa shape index (κ2) is 4.68. The summed E-state index contributed by atoms with van der Waals surface area (Å²) in [7, 11) is 2.05. The third-order valence-electron chi connectivity index (χ3n) is 3.51. The molecule has 4 heteroatoms. The van der Waals surface area contributed by atoms with Crippen molar-refractivity contribution in [3.8, 4) is 0 Å². The quantitative estimate of drug-likeness (QED) is 0.828. The van der Waals surface area contributed by atoms with Gasteiger partial charge in [-0.2, -0.15) is 5.10 Å². The van der Waals surface area contributed by atoms with Gasteiger partial charge in [0, 0.05) is 19.2 Å². The van der Waals surface area contributed by atoms with Crippen LogP contribution < -0.4 is 10.5 Å². The third kappa shape index (κ3) is 2.43. The molecule has 2 atom stereocenters. The Morgan fingerprint density at radius 1 is 1.50 bits per heavy atom. The first-order valence-electron chi connectivity index (χ1n) is 5.94. The van der Waals surface area contributed by atoms with Gasteiger partial charge in [-0.25, -0.2) is 5.10 Å². The fourth-order valence-electron chi connectivity index (χ4n) is 2.52. The zero-order valence-electron chi connectivity index (χ0n) is 9.94. The lowest BCUT2D eigenvalue weighted by Gasteiger charge is -2.35. The maximum absolute atomic E-state index is 11.2. The van der Waals surface area contributed by atoms with E-state index in [1.807, 2.05) is 0 Å². The van der Waals surface area contributed by atoms with Gasteiger partial charge in [-0.15, -0.1) is 0 Å². The minimum absolute atomic E-state index is 0.131. The van der Waals surface area contributed by atoms with Crippen molar-refractivity contribution >= 4 is 5.69 Å². The Kier molecular flexibility index (Phi) is 3.27. The fraction of sp³-hybridized carbons (Fsp3) is 0.667. The monoisotopic (exact) mass is 221 g/mol. The van der Waals surface area contributed by atoms with Crippen LogP contribution in [0.2, 0.25) is 0 Å². The smallest absolute Gasteiger partial charge is 0.266 e. The van der Waals surface area contributed by atoms with Crippen LogP contribution in [0.3, 0.4) is 0 Å². The minimum atomic E-state index is -0.131. The minimum Gasteiger partial charge on any atom is -0.370 e. The lowest BCUT2D eigenvalue weighted by molar-refractivity contribution is 0.336. The van der Waals surface area contributed by atoms with Crippen LogP contribution in [0.4, 0.5) is 5.69 Å². The number of anilines is 1. The summed E-state index contributed by atoms with van der Waals surface area (Å²) < 4.78 is 0. The molecule has 0 radical (unpaired) electrons. The van der Waals surface area contributed by atoms with Gasteiger partial charge in [0.2, 0.25) is 0 Å². The van der Waals surface area contributed by atoms with Crippen molar-refractivity contribution in [3.63, 3.8) is 0 Å². The molecule has 1 aliphatic carbocycles. The molecule has 1 fully saturated rings. The standard InChI is InChI=1S/C12H19N3O/c1-9-4-3-5-10(6-9)15(2)11-7-12(16)14-13-8-11/h7-10H,3-6H2,1-2H3,(H,14,16). The van der Waals surface area contributed by atoms with Crippen molar-refractivity contribution in [1.82, 2.24) is 10.2 Å². The van der Waals surface area contributed by atoms with Gasteiger partial charge in [0.1, 0.15) is 0 Å². The van der Waals surface area contributed by atoms with E-state index in [1.165, 1.54) is 25.7 Å². The zero-order chi connectivity index (χ0) is 11.5. The Hall–Kier alpha value is -1.32. The molecular weight excluding hydrogens is 202 g/mol. The first kappa shape index (κ1) is 11.2. The molecule has 1 heterocycles. The van der Waals surface area contributed by atoms with Gasteiger partial charge >= 0.3 is 0 Å². The number of aromatic amines is 1. The summed E-state index contributed by atoms with van der Waals surface area (Å²) in [6.45, 7) is 2.30. The first-order chi connectivity index (χ1) is 7.66. The summed E-state index contributed by atoms with van der Waals surface area (Å²) in [5.41, 5.74) is 0.788. The largest absolute Gasteiger partial charge is 0.370 e. The number of rotatable bonds is 2. The lowest BCUT2D eigenvalue weighted by atomic mass is 9.86. The van der Waals surface area contributed by atoms with Crippen molar-refractivity contribution in [2.24, 2.45) is 5.92 Å². The molecule has 4 nitrogen and oxygen atoms in total. The maximum atomic E-state index is 11.2. The highest BCUT2D eigenvalue weighted by Gasteiger charge is 2.22. The van der Waals surface area contributed by atoms with E-state index in [0.29, 0.717) is 6.04 Å². The van der Waals surface area contributed by atoms with Gasteiger partial charge in [-0.3, -0.25) is 4.79 Å². The molecule has 1 aliphatic rings. The van der Waals surface area contributed by atoms with E-state index >= 15 is 0 Å². The van der Waals surface area contributed by atoms with Gasteiger partial charge < -0.3 is 4.90 Å². The van der Waals surface area contributed by atoms with E-state index in [0.717, 1.165) is 11.6 Å². The number of H-pyrrole nitrogens is 1. The number of nitrogens with zero attached hydrogens (tertiary/aromatic N) is 2. The molecule has 2 rings (SSSR count). The summed E-state index contributed by atoms with van der Waals surface area (Å²) in [6.07, 6.45) is 6.77. The maximum Gasteiger partial charge on any atom is 0.266 e. The van der Waals surface area contributed by atoms with Crippen LogP contribution in [-0.4, -0.2) is 23.3 Å². The van der Waals surface area contributed by atoms with E-state index in [9.17, 15) is 4.79 Å². The van der Waals surface area contributed by atoms with Gasteiger partial charge in [0.15, 0.2) is 0 Å². The number of nitrogens with one attached hydrogen (secondary N) is 1. The Bertz CT molecular complexity index is 401. The number of hydrogen-bond donors (Lipinski definition) is 1. The van der Waals surface area contributed by atoms with Gasteiger partial charge in [0.05, 0.1) is 11.9 Å².